The van der Waals surface area contributed by atoms with Crippen molar-refractivity contribution in [2.45, 2.75) is 33.7 Å². The zero-order chi connectivity index (χ0) is 11.6. The standard InChI is InChI=1S/C12H19BrN2/c1-8-7-9(13)5-6-10(8)11(15-14)12(2,3)4/h5-7,11,15H,14H2,1-4H3. The maximum atomic E-state index is 5.64. The van der Waals surface area contributed by atoms with Gasteiger partial charge in [0.2, 0.25) is 0 Å². The third-order valence-electron chi connectivity index (χ3n) is 2.58. The first-order valence-electron chi connectivity index (χ1n) is 5.08. The topological polar surface area (TPSA) is 38.0 Å². The Bertz CT molecular complexity index is 342. The molecule has 0 aliphatic carbocycles. The number of halogens is 1. The molecule has 0 heterocycles. The van der Waals surface area contributed by atoms with Crippen LogP contribution in [0.3, 0.4) is 0 Å². The van der Waals surface area contributed by atoms with Gasteiger partial charge in [-0.05, 0) is 35.6 Å². The molecule has 15 heavy (non-hydrogen) atoms. The third-order valence-corrected chi connectivity index (χ3v) is 3.07. The molecule has 0 spiro atoms. The minimum absolute atomic E-state index is 0.105. The quantitative estimate of drug-likeness (QED) is 0.639. The predicted octanol–water partition coefficient (Wildman–Crippen LogP) is 3.31. The summed E-state index contributed by atoms with van der Waals surface area (Å²) in [7, 11) is 0. The second-order valence-corrected chi connectivity index (χ2v) is 5.88. The van der Waals surface area contributed by atoms with Gasteiger partial charge in [0, 0.05) is 4.47 Å². The van der Waals surface area contributed by atoms with Crippen LogP contribution in [0.1, 0.15) is 37.9 Å². The first kappa shape index (κ1) is 12.7. The number of rotatable bonds is 2. The smallest absolute Gasteiger partial charge is 0.0510 e. The Kier molecular flexibility index (Phi) is 3.93. The highest BCUT2D eigenvalue weighted by molar-refractivity contribution is 9.10. The Morgan fingerprint density at radius 2 is 1.93 bits per heavy atom. The molecule has 1 aromatic carbocycles. The normalized spacial score (nSPS) is 14.0. The summed E-state index contributed by atoms with van der Waals surface area (Å²) in [6.45, 7) is 8.65. The molecule has 0 saturated carbocycles. The van der Waals surface area contributed by atoms with E-state index < -0.39 is 0 Å². The Morgan fingerprint density at radius 1 is 1.33 bits per heavy atom. The van der Waals surface area contributed by atoms with Crippen LogP contribution in [-0.4, -0.2) is 0 Å². The van der Waals surface area contributed by atoms with E-state index in [1.807, 2.05) is 0 Å². The van der Waals surface area contributed by atoms with Crippen molar-refractivity contribution < 1.29 is 0 Å². The van der Waals surface area contributed by atoms with Crippen molar-refractivity contribution in [2.24, 2.45) is 11.3 Å². The molecule has 1 rings (SSSR count). The van der Waals surface area contributed by atoms with Gasteiger partial charge in [-0.2, -0.15) is 0 Å². The zero-order valence-electron chi connectivity index (χ0n) is 9.76. The van der Waals surface area contributed by atoms with Gasteiger partial charge >= 0.3 is 0 Å². The van der Waals surface area contributed by atoms with E-state index in [1.165, 1.54) is 11.1 Å². The van der Waals surface area contributed by atoms with Crippen LogP contribution < -0.4 is 11.3 Å². The molecule has 0 amide bonds. The van der Waals surface area contributed by atoms with E-state index in [4.69, 9.17) is 5.84 Å². The molecule has 2 nitrogen and oxygen atoms in total. The van der Waals surface area contributed by atoms with Crippen molar-refractivity contribution in [1.82, 2.24) is 5.43 Å². The maximum absolute atomic E-state index is 5.64. The molecule has 1 atom stereocenters. The van der Waals surface area contributed by atoms with Crippen molar-refractivity contribution in [2.75, 3.05) is 0 Å². The first-order chi connectivity index (χ1) is 6.86. The van der Waals surface area contributed by atoms with Crippen LogP contribution in [0.15, 0.2) is 22.7 Å². The molecule has 0 aliphatic rings. The molecule has 84 valence electrons. The lowest BCUT2D eigenvalue weighted by atomic mass is 9.81. The SMILES string of the molecule is Cc1cc(Br)ccc1C(NN)C(C)(C)C. The Hall–Kier alpha value is -0.380. The fourth-order valence-electron chi connectivity index (χ4n) is 1.77. The number of aryl methyl sites for hydroxylation is 1. The van der Waals surface area contributed by atoms with Gasteiger partial charge in [0.15, 0.2) is 0 Å². The van der Waals surface area contributed by atoms with E-state index in [2.05, 4.69) is 67.2 Å². The molecule has 0 fully saturated rings. The molecule has 3 N–H and O–H groups in total. The van der Waals surface area contributed by atoms with Crippen molar-refractivity contribution >= 4 is 15.9 Å². The summed E-state index contributed by atoms with van der Waals surface area (Å²) in [6.07, 6.45) is 0. The van der Waals surface area contributed by atoms with Gasteiger partial charge in [-0.25, -0.2) is 0 Å². The number of hydrogen-bond donors (Lipinski definition) is 2. The first-order valence-corrected chi connectivity index (χ1v) is 5.87. The molecule has 0 aliphatic heterocycles. The van der Waals surface area contributed by atoms with Crippen LogP contribution in [0.4, 0.5) is 0 Å². The van der Waals surface area contributed by atoms with E-state index in [-0.39, 0.29) is 11.5 Å². The van der Waals surface area contributed by atoms with Gasteiger partial charge in [-0.3, -0.25) is 11.3 Å². The summed E-state index contributed by atoms with van der Waals surface area (Å²) in [5.74, 6) is 5.64. The van der Waals surface area contributed by atoms with E-state index in [1.54, 1.807) is 0 Å². The minimum Gasteiger partial charge on any atom is -0.271 e. The predicted molar refractivity (Wildman–Crippen MR) is 68.4 cm³/mol. The molecule has 0 aromatic heterocycles. The van der Waals surface area contributed by atoms with Gasteiger partial charge in [0.05, 0.1) is 6.04 Å². The van der Waals surface area contributed by atoms with E-state index in [0.717, 1.165) is 4.47 Å². The second-order valence-electron chi connectivity index (χ2n) is 4.97. The lowest BCUT2D eigenvalue weighted by molar-refractivity contribution is 0.274. The molecule has 0 bridgehead atoms. The molecular weight excluding hydrogens is 252 g/mol. The van der Waals surface area contributed by atoms with Gasteiger partial charge in [0.25, 0.3) is 0 Å². The third kappa shape index (κ3) is 3.03. The summed E-state index contributed by atoms with van der Waals surface area (Å²) in [6, 6.07) is 6.46. The Morgan fingerprint density at radius 3 is 2.33 bits per heavy atom. The van der Waals surface area contributed by atoms with Gasteiger partial charge < -0.3 is 0 Å². The monoisotopic (exact) mass is 270 g/mol. The fraction of sp³-hybridized carbons (Fsp3) is 0.500. The second kappa shape index (κ2) is 4.64. The van der Waals surface area contributed by atoms with Gasteiger partial charge in [-0.15, -0.1) is 0 Å². The lowest BCUT2D eigenvalue weighted by Gasteiger charge is -2.31. The minimum atomic E-state index is 0.105. The summed E-state index contributed by atoms with van der Waals surface area (Å²) < 4.78 is 1.11. The average molecular weight is 271 g/mol. The van der Waals surface area contributed by atoms with Gasteiger partial charge in [-0.1, -0.05) is 42.8 Å². The molecule has 0 saturated heterocycles. The Balaban J connectivity index is 3.13. The van der Waals surface area contributed by atoms with Crippen molar-refractivity contribution in [3.8, 4) is 0 Å². The Labute approximate surface area is 100 Å². The van der Waals surface area contributed by atoms with E-state index in [0.29, 0.717) is 0 Å². The molecular formula is C12H19BrN2. The van der Waals surface area contributed by atoms with Crippen molar-refractivity contribution in [3.63, 3.8) is 0 Å². The van der Waals surface area contributed by atoms with Crippen LogP contribution >= 0.6 is 15.9 Å². The highest BCUT2D eigenvalue weighted by Gasteiger charge is 2.26. The summed E-state index contributed by atoms with van der Waals surface area (Å²) in [4.78, 5) is 0. The summed E-state index contributed by atoms with van der Waals surface area (Å²) in [5, 5.41) is 0. The van der Waals surface area contributed by atoms with Crippen LogP contribution in [0, 0.1) is 12.3 Å². The average Bonchev–Trinajstić information content (AvgIpc) is 2.07. The number of nitrogens with two attached hydrogens (primary N) is 1. The highest BCUT2D eigenvalue weighted by atomic mass is 79.9. The zero-order valence-corrected chi connectivity index (χ0v) is 11.4. The van der Waals surface area contributed by atoms with Crippen molar-refractivity contribution in [3.05, 3.63) is 33.8 Å². The summed E-state index contributed by atoms with van der Waals surface area (Å²) in [5.41, 5.74) is 5.52. The van der Waals surface area contributed by atoms with Crippen LogP contribution in [0.5, 0.6) is 0 Å². The number of nitrogens with one attached hydrogen (secondary N) is 1. The number of hydrazine groups is 1. The fourth-order valence-corrected chi connectivity index (χ4v) is 2.24. The summed E-state index contributed by atoms with van der Waals surface area (Å²) >= 11 is 3.47. The van der Waals surface area contributed by atoms with E-state index >= 15 is 0 Å². The lowest BCUT2D eigenvalue weighted by Crippen LogP contribution is -2.37. The molecule has 3 heteroatoms. The van der Waals surface area contributed by atoms with Crippen LogP contribution in [-0.2, 0) is 0 Å². The number of benzene rings is 1. The number of hydrogen-bond acceptors (Lipinski definition) is 2. The van der Waals surface area contributed by atoms with Crippen LogP contribution in [0.25, 0.3) is 0 Å². The van der Waals surface area contributed by atoms with Crippen molar-refractivity contribution in [1.29, 1.82) is 0 Å². The molecule has 1 unspecified atom stereocenters. The molecule has 0 radical (unpaired) electrons. The maximum Gasteiger partial charge on any atom is 0.0510 e. The van der Waals surface area contributed by atoms with Gasteiger partial charge in [0.1, 0.15) is 0 Å². The van der Waals surface area contributed by atoms with Crippen LogP contribution in [0.2, 0.25) is 0 Å². The van der Waals surface area contributed by atoms with E-state index in [9.17, 15) is 0 Å². The largest absolute Gasteiger partial charge is 0.271 e. The highest BCUT2D eigenvalue weighted by Crippen LogP contribution is 2.34. The molecule has 1 aromatic rings.